The number of nitrogens with zero attached hydrogens (tertiary/aromatic N) is 3. The molecule has 0 saturated heterocycles. The van der Waals surface area contributed by atoms with Crippen molar-refractivity contribution in [2.45, 2.75) is 0 Å². The molecule has 0 N–H and O–H groups in total. The SMILES string of the molecule is O=C(c1ccccc1)n1nnsc1=S. The maximum Gasteiger partial charge on any atom is 0.281 e. The van der Waals surface area contributed by atoms with Gasteiger partial charge in [0.05, 0.1) is 0 Å². The van der Waals surface area contributed by atoms with Gasteiger partial charge < -0.3 is 0 Å². The summed E-state index contributed by atoms with van der Waals surface area (Å²) in [6.07, 6.45) is 0. The van der Waals surface area contributed by atoms with Crippen molar-refractivity contribution in [2.75, 3.05) is 0 Å². The van der Waals surface area contributed by atoms with Crippen LogP contribution in [-0.4, -0.2) is 20.3 Å². The van der Waals surface area contributed by atoms with Crippen LogP contribution in [-0.2, 0) is 0 Å². The Morgan fingerprint density at radius 2 is 2.07 bits per heavy atom. The van der Waals surface area contributed by atoms with Crippen molar-refractivity contribution < 1.29 is 4.79 Å². The van der Waals surface area contributed by atoms with Crippen LogP contribution in [0.15, 0.2) is 30.3 Å². The van der Waals surface area contributed by atoms with Crippen LogP contribution in [0.5, 0.6) is 0 Å². The summed E-state index contributed by atoms with van der Waals surface area (Å²) in [6.45, 7) is 0. The summed E-state index contributed by atoms with van der Waals surface area (Å²) >= 11 is 5.92. The molecular formula is C8H5N3OS2. The van der Waals surface area contributed by atoms with Gasteiger partial charge in [0.2, 0.25) is 3.95 Å². The van der Waals surface area contributed by atoms with Crippen molar-refractivity contribution in [3.05, 3.63) is 39.8 Å². The summed E-state index contributed by atoms with van der Waals surface area (Å²) in [7, 11) is 0. The first-order chi connectivity index (χ1) is 6.79. The van der Waals surface area contributed by atoms with Crippen LogP contribution in [0.1, 0.15) is 10.4 Å². The van der Waals surface area contributed by atoms with Gasteiger partial charge in [0.15, 0.2) is 0 Å². The van der Waals surface area contributed by atoms with Crippen LogP contribution in [0.3, 0.4) is 0 Å². The van der Waals surface area contributed by atoms with E-state index in [1.165, 1.54) is 0 Å². The molecule has 14 heavy (non-hydrogen) atoms. The van der Waals surface area contributed by atoms with E-state index in [1.807, 2.05) is 6.07 Å². The molecule has 1 aromatic heterocycles. The van der Waals surface area contributed by atoms with Gasteiger partial charge in [-0.25, -0.2) is 0 Å². The number of aromatic nitrogens is 3. The average Bonchev–Trinajstić information content (AvgIpc) is 2.65. The van der Waals surface area contributed by atoms with Crippen molar-refractivity contribution >= 4 is 29.7 Å². The van der Waals surface area contributed by atoms with Gasteiger partial charge in [0.1, 0.15) is 0 Å². The van der Waals surface area contributed by atoms with Crippen molar-refractivity contribution in [3.8, 4) is 0 Å². The number of hydrogen-bond acceptors (Lipinski definition) is 5. The molecule has 0 atom stereocenters. The smallest absolute Gasteiger partial charge is 0.267 e. The Morgan fingerprint density at radius 3 is 2.64 bits per heavy atom. The van der Waals surface area contributed by atoms with Gasteiger partial charge in [-0.3, -0.25) is 4.79 Å². The molecule has 0 fully saturated rings. The number of carbonyl (C=O) groups excluding carboxylic acids is 1. The highest BCUT2D eigenvalue weighted by Gasteiger charge is 2.10. The molecule has 0 unspecified atom stereocenters. The highest BCUT2D eigenvalue weighted by atomic mass is 32.2. The van der Waals surface area contributed by atoms with E-state index >= 15 is 0 Å². The van der Waals surface area contributed by atoms with Crippen LogP contribution < -0.4 is 0 Å². The van der Waals surface area contributed by atoms with E-state index in [4.69, 9.17) is 12.2 Å². The lowest BCUT2D eigenvalue weighted by atomic mass is 10.2. The molecule has 70 valence electrons. The number of hydrogen-bond donors (Lipinski definition) is 0. The first-order valence-electron chi connectivity index (χ1n) is 3.80. The van der Waals surface area contributed by atoms with Gasteiger partial charge >= 0.3 is 0 Å². The fourth-order valence-corrected chi connectivity index (χ4v) is 1.59. The summed E-state index contributed by atoms with van der Waals surface area (Å²) < 4.78 is 5.08. The number of rotatable bonds is 1. The lowest BCUT2D eigenvalue weighted by molar-refractivity contribution is 0.0941. The maximum atomic E-state index is 11.7. The monoisotopic (exact) mass is 223 g/mol. The van der Waals surface area contributed by atoms with E-state index in [0.717, 1.165) is 16.2 Å². The number of benzene rings is 1. The van der Waals surface area contributed by atoms with Gasteiger partial charge in [-0.1, -0.05) is 22.7 Å². The van der Waals surface area contributed by atoms with Crippen molar-refractivity contribution in [2.24, 2.45) is 0 Å². The average molecular weight is 223 g/mol. The van der Waals surface area contributed by atoms with Crippen molar-refractivity contribution in [1.82, 2.24) is 14.4 Å². The molecule has 0 spiro atoms. The summed E-state index contributed by atoms with van der Waals surface area (Å²) in [5, 5.41) is 3.62. The Bertz CT molecular complexity index is 503. The normalized spacial score (nSPS) is 10.0. The Morgan fingerprint density at radius 1 is 1.36 bits per heavy atom. The van der Waals surface area contributed by atoms with Crippen molar-refractivity contribution in [1.29, 1.82) is 0 Å². The minimum absolute atomic E-state index is 0.246. The molecule has 6 heteroatoms. The Balaban J connectivity index is 2.44. The fourth-order valence-electron chi connectivity index (χ4n) is 0.991. The van der Waals surface area contributed by atoms with Crippen LogP contribution in [0, 0.1) is 3.95 Å². The van der Waals surface area contributed by atoms with E-state index in [-0.39, 0.29) is 5.91 Å². The third kappa shape index (κ3) is 1.61. The topological polar surface area (TPSA) is 47.8 Å². The molecule has 0 aliphatic carbocycles. The quantitative estimate of drug-likeness (QED) is 0.691. The zero-order valence-electron chi connectivity index (χ0n) is 6.95. The molecule has 0 amide bonds. The Hall–Kier alpha value is -1.40. The molecule has 2 rings (SSSR count). The predicted octanol–water partition coefficient (Wildman–Crippen LogP) is 1.76. The fraction of sp³-hybridized carbons (Fsp3) is 0. The van der Waals surface area contributed by atoms with E-state index in [0.29, 0.717) is 9.52 Å². The molecule has 1 aromatic carbocycles. The maximum absolute atomic E-state index is 11.7. The van der Waals surface area contributed by atoms with Crippen LogP contribution in [0.25, 0.3) is 0 Å². The van der Waals surface area contributed by atoms with Gasteiger partial charge in [-0.05, 0) is 29.6 Å². The predicted molar refractivity (Wildman–Crippen MR) is 54.9 cm³/mol. The molecule has 0 bridgehead atoms. The zero-order valence-corrected chi connectivity index (χ0v) is 8.59. The van der Waals surface area contributed by atoms with E-state index in [9.17, 15) is 4.79 Å². The van der Waals surface area contributed by atoms with E-state index < -0.39 is 0 Å². The molecule has 0 saturated carbocycles. The standard InChI is InChI=1S/C8H5N3OS2/c12-7(6-4-2-1-3-5-6)11-8(13)14-10-9-11/h1-5H. The van der Waals surface area contributed by atoms with Crippen molar-refractivity contribution in [3.63, 3.8) is 0 Å². The largest absolute Gasteiger partial charge is 0.281 e. The molecular weight excluding hydrogens is 218 g/mol. The van der Waals surface area contributed by atoms with Crippen LogP contribution in [0.4, 0.5) is 0 Å². The third-order valence-corrected chi connectivity index (χ3v) is 2.51. The first kappa shape index (κ1) is 9.17. The second-order valence-corrected chi connectivity index (χ2v) is 3.89. The minimum atomic E-state index is -0.246. The summed E-state index contributed by atoms with van der Waals surface area (Å²) in [6, 6.07) is 8.84. The lowest BCUT2D eigenvalue weighted by Crippen LogP contribution is -2.13. The first-order valence-corrected chi connectivity index (χ1v) is 4.98. The highest BCUT2D eigenvalue weighted by molar-refractivity contribution is 7.73. The molecule has 0 aliphatic heterocycles. The molecule has 0 radical (unpaired) electrons. The minimum Gasteiger partial charge on any atom is -0.267 e. The Kier molecular flexibility index (Phi) is 2.47. The van der Waals surface area contributed by atoms with E-state index in [1.54, 1.807) is 24.3 Å². The van der Waals surface area contributed by atoms with Gasteiger partial charge in [0, 0.05) is 17.1 Å². The summed E-state index contributed by atoms with van der Waals surface area (Å²) in [4.78, 5) is 11.7. The molecule has 1 heterocycles. The van der Waals surface area contributed by atoms with E-state index in [2.05, 4.69) is 9.70 Å². The second kappa shape index (κ2) is 3.77. The highest BCUT2D eigenvalue weighted by Crippen LogP contribution is 2.03. The third-order valence-electron chi connectivity index (χ3n) is 1.63. The Labute approximate surface area is 89.0 Å². The summed E-state index contributed by atoms with van der Waals surface area (Å²) in [5.74, 6) is -0.246. The van der Waals surface area contributed by atoms with Gasteiger partial charge in [-0.2, -0.15) is 4.68 Å². The van der Waals surface area contributed by atoms with Gasteiger partial charge in [-0.15, -0.1) is 0 Å². The lowest BCUT2D eigenvalue weighted by Gasteiger charge is -1.97. The molecule has 0 aliphatic rings. The zero-order chi connectivity index (χ0) is 9.97. The molecule has 4 nitrogen and oxygen atoms in total. The molecule has 2 aromatic rings. The van der Waals surface area contributed by atoms with Gasteiger partial charge in [0.25, 0.3) is 5.91 Å². The number of carbonyl (C=O) groups is 1. The van der Waals surface area contributed by atoms with Crippen LogP contribution in [0.2, 0.25) is 0 Å². The second-order valence-electron chi connectivity index (χ2n) is 2.51. The summed E-state index contributed by atoms with van der Waals surface area (Å²) in [5.41, 5.74) is 0.552. The van der Waals surface area contributed by atoms with Crippen LogP contribution >= 0.6 is 23.8 Å².